The van der Waals surface area contributed by atoms with E-state index >= 15 is 0 Å². The highest BCUT2D eigenvalue weighted by Crippen LogP contribution is 2.40. The Balaban J connectivity index is 1.75. The molecule has 1 aliphatic rings. The van der Waals surface area contributed by atoms with Crippen molar-refractivity contribution in [2.45, 2.75) is 19.8 Å². The zero-order chi connectivity index (χ0) is 20.1. The smallest absolute Gasteiger partial charge is 0.395 e. The minimum absolute atomic E-state index is 0.0380. The predicted octanol–water partition coefficient (Wildman–Crippen LogP) is 1.02. The van der Waals surface area contributed by atoms with Crippen LogP contribution in [0.15, 0.2) is 36.7 Å². The third-order valence-corrected chi connectivity index (χ3v) is 5.53. The van der Waals surface area contributed by atoms with Crippen molar-refractivity contribution in [2.24, 2.45) is 12.5 Å². The first-order valence-corrected chi connectivity index (χ1v) is 8.89. The van der Waals surface area contributed by atoms with Crippen LogP contribution < -0.4 is 4.84 Å². The summed E-state index contributed by atoms with van der Waals surface area (Å²) >= 11 is 0. The van der Waals surface area contributed by atoms with Gasteiger partial charge in [-0.3, -0.25) is 9.59 Å². The number of carbonyl (C=O) groups excluding carboxylic acids is 3. The molecule has 8 heteroatoms. The summed E-state index contributed by atoms with van der Waals surface area (Å²) in [5.41, 5.74) is 0.196. The quantitative estimate of drug-likeness (QED) is 0.535. The number of hydrogen-bond acceptors (Lipinski definition) is 6. The highest BCUT2D eigenvalue weighted by atomic mass is 16.7. The molecular weight excluding hydrogens is 362 g/mol. The lowest BCUT2D eigenvalue weighted by Gasteiger charge is -2.31. The maximum atomic E-state index is 13.4. The fraction of sp³-hybridized carbons (Fsp3) is 0.300. The SMILES string of the molecule is Cc1nccn1OC(=O)C(=O)C1(CO)CCc2c(c3ccccc3n2C)C1=O. The largest absolute Gasteiger partial charge is 0.400 e. The van der Waals surface area contributed by atoms with Crippen molar-refractivity contribution in [3.8, 4) is 0 Å². The molecule has 4 rings (SSSR count). The van der Waals surface area contributed by atoms with Gasteiger partial charge in [-0.1, -0.05) is 18.2 Å². The number of Topliss-reactive ketones (excluding diaryl/α,β-unsaturated/α-hetero) is 2. The fourth-order valence-electron chi connectivity index (χ4n) is 3.91. The Bertz CT molecular complexity index is 1130. The Labute approximate surface area is 160 Å². The lowest BCUT2D eigenvalue weighted by Crippen LogP contribution is -2.50. The maximum absolute atomic E-state index is 13.4. The van der Waals surface area contributed by atoms with Crippen LogP contribution in [0, 0.1) is 12.3 Å². The Kier molecular flexibility index (Phi) is 4.15. The number of aliphatic hydroxyl groups excluding tert-OH is 1. The summed E-state index contributed by atoms with van der Waals surface area (Å²) in [4.78, 5) is 47.8. The molecule has 0 amide bonds. The van der Waals surface area contributed by atoms with Crippen molar-refractivity contribution in [1.82, 2.24) is 14.3 Å². The molecule has 1 aromatic carbocycles. The van der Waals surface area contributed by atoms with Crippen LogP contribution in [-0.4, -0.2) is 43.5 Å². The van der Waals surface area contributed by atoms with E-state index in [2.05, 4.69) is 4.98 Å². The highest BCUT2D eigenvalue weighted by Gasteiger charge is 2.53. The van der Waals surface area contributed by atoms with Crippen LogP contribution in [0.4, 0.5) is 0 Å². The molecule has 0 spiro atoms. The maximum Gasteiger partial charge on any atom is 0.400 e. The second-order valence-corrected chi connectivity index (χ2v) is 6.98. The molecule has 1 aliphatic carbocycles. The molecule has 0 fully saturated rings. The number of hydrogen-bond donors (Lipinski definition) is 1. The first-order valence-electron chi connectivity index (χ1n) is 8.89. The lowest BCUT2D eigenvalue weighted by molar-refractivity contribution is -0.159. The molecule has 1 N–H and O–H groups in total. The molecule has 8 nitrogen and oxygen atoms in total. The summed E-state index contributed by atoms with van der Waals surface area (Å²) in [7, 11) is 1.86. The van der Waals surface area contributed by atoms with Gasteiger partial charge in [-0.2, -0.15) is 4.73 Å². The van der Waals surface area contributed by atoms with Gasteiger partial charge >= 0.3 is 5.97 Å². The number of fused-ring (bicyclic) bond motifs is 3. The van der Waals surface area contributed by atoms with Crippen molar-refractivity contribution in [1.29, 1.82) is 0 Å². The second-order valence-electron chi connectivity index (χ2n) is 6.98. The monoisotopic (exact) mass is 381 g/mol. The first kappa shape index (κ1) is 18.1. The van der Waals surface area contributed by atoms with Gasteiger partial charge in [0.2, 0.25) is 0 Å². The number of benzene rings is 1. The van der Waals surface area contributed by atoms with Crippen LogP contribution in [0.3, 0.4) is 0 Å². The summed E-state index contributed by atoms with van der Waals surface area (Å²) in [6, 6.07) is 7.37. The van der Waals surface area contributed by atoms with E-state index < -0.39 is 29.6 Å². The highest BCUT2D eigenvalue weighted by molar-refractivity contribution is 6.42. The van der Waals surface area contributed by atoms with Gasteiger partial charge < -0.3 is 14.5 Å². The molecule has 1 unspecified atom stereocenters. The van der Waals surface area contributed by atoms with E-state index in [1.54, 1.807) is 13.0 Å². The van der Waals surface area contributed by atoms with Crippen molar-refractivity contribution in [3.05, 3.63) is 53.7 Å². The van der Waals surface area contributed by atoms with E-state index in [-0.39, 0.29) is 6.42 Å². The number of aromatic nitrogens is 3. The van der Waals surface area contributed by atoms with E-state index in [1.165, 1.54) is 12.4 Å². The van der Waals surface area contributed by atoms with Gasteiger partial charge in [0.15, 0.2) is 5.78 Å². The van der Waals surface area contributed by atoms with Crippen LogP contribution >= 0.6 is 0 Å². The number of para-hydroxylation sites is 1. The molecule has 144 valence electrons. The van der Waals surface area contributed by atoms with Crippen molar-refractivity contribution >= 4 is 28.4 Å². The summed E-state index contributed by atoms with van der Waals surface area (Å²) in [5, 5.41) is 10.7. The third-order valence-electron chi connectivity index (χ3n) is 5.53. The van der Waals surface area contributed by atoms with E-state index in [0.717, 1.165) is 15.9 Å². The average Bonchev–Trinajstić information content (AvgIpc) is 3.23. The van der Waals surface area contributed by atoms with Crippen molar-refractivity contribution in [2.75, 3.05) is 6.61 Å². The van der Waals surface area contributed by atoms with Gasteiger partial charge in [0.1, 0.15) is 11.2 Å². The number of carbonyl (C=O) groups is 3. The summed E-state index contributed by atoms with van der Waals surface area (Å²) in [6.45, 7) is 0.846. The Morgan fingerprint density at radius 3 is 2.75 bits per heavy atom. The van der Waals surface area contributed by atoms with Crippen LogP contribution in [0.5, 0.6) is 0 Å². The Morgan fingerprint density at radius 1 is 1.32 bits per heavy atom. The first-order chi connectivity index (χ1) is 13.4. The number of ketones is 2. The topological polar surface area (TPSA) is 103 Å². The minimum atomic E-state index is -1.84. The average molecular weight is 381 g/mol. The number of imidazole rings is 1. The molecule has 0 aliphatic heterocycles. The van der Waals surface area contributed by atoms with Crippen LogP contribution in [0.1, 0.15) is 28.3 Å². The molecule has 2 aromatic heterocycles. The summed E-state index contributed by atoms with van der Waals surface area (Å²) < 4.78 is 2.98. The molecule has 0 saturated carbocycles. The van der Waals surface area contributed by atoms with Gasteiger partial charge in [-0.05, 0) is 25.8 Å². The summed E-state index contributed by atoms with van der Waals surface area (Å²) in [5.74, 6) is -2.42. The van der Waals surface area contributed by atoms with Gasteiger partial charge in [0.05, 0.1) is 12.8 Å². The molecule has 2 heterocycles. The standard InChI is InChI=1S/C20H19N3O5/c1-12-21-9-10-23(12)28-19(27)18(26)20(11-24)8-7-15-16(17(20)25)13-5-3-4-6-14(13)22(15)2/h3-6,9-10,24H,7-8,11H2,1-2H3. The normalized spacial score (nSPS) is 18.9. The van der Waals surface area contributed by atoms with E-state index in [1.807, 2.05) is 29.8 Å². The van der Waals surface area contributed by atoms with Crippen LogP contribution in [0.25, 0.3) is 10.9 Å². The van der Waals surface area contributed by atoms with E-state index in [9.17, 15) is 19.5 Å². The van der Waals surface area contributed by atoms with E-state index in [0.29, 0.717) is 23.2 Å². The van der Waals surface area contributed by atoms with Gasteiger partial charge in [0, 0.05) is 35.4 Å². The zero-order valence-corrected chi connectivity index (χ0v) is 15.5. The van der Waals surface area contributed by atoms with Crippen LogP contribution in [-0.2, 0) is 23.1 Å². The van der Waals surface area contributed by atoms with Gasteiger partial charge in [-0.25, -0.2) is 9.78 Å². The molecule has 1 atom stereocenters. The minimum Gasteiger partial charge on any atom is -0.395 e. The number of aliphatic hydroxyl groups is 1. The zero-order valence-electron chi connectivity index (χ0n) is 15.5. The lowest BCUT2D eigenvalue weighted by atomic mass is 9.69. The van der Waals surface area contributed by atoms with Crippen molar-refractivity contribution in [3.63, 3.8) is 0 Å². The number of nitrogens with zero attached hydrogens (tertiary/aromatic N) is 3. The molecule has 0 radical (unpaired) electrons. The molecular formula is C20H19N3O5. The summed E-state index contributed by atoms with van der Waals surface area (Å²) in [6.07, 6.45) is 3.23. The number of rotatable bonds is 4. The molecule has 0 saturated heterocycles. The third kappa shape index (κ3) is 2.41. The van der Waals surface area contributed by atoms with Crippen LogP contribution in [0.2, 0.25) is 0 Å². The fourth-order valence-corrected chi connectivity index (χ4v) is 3.91. The van der Waals surface area contributed by atoms with E-state index in [4.69, 9.17) is 4.84 Å². The van der Waals surface area contributed by atoms with Gasteiger partial charge in [-0.15, -0.1) is 0 Å². The molecule has 0 bridgehead atoms. The van der Waals surface area contributed by atoms with Gasteiger partial charge in [0.25, 0.3) is 5.78 Å². The number of aryl methyl sites for hydroxylation is 2. The Morgan fingerprint density at radius 2 is 2.07 bits per heavy atom. The Hall–Kier alpha value is -3.26. The molecule has 28 heavy (non-hydrogen) atoms. The second kappa shape index (κ2) is 6.42. The molecule has 3 aromatic rings. The van der Waals surface area contributed by atoms with Crippen molar-refractivity contribution < 1.29 is 24.3 Å². The predicted molar refractivity (Wildman–Crippen MR) is 98.6 cm³/mol.